The average Bonchev–Trinajstić information content (AvgIpc) is 2.92. The molecule has 2 atom stereocenters. The highest BCUT2D eigenvalue weighted by Crippen LogP contribution is 2.44. The van der Waals surface area contributed by atoms with Crippen LogP contribution in [0, 0.1) is 41.4 Å². The third kappa shape index (κ3) is 9.51. The van der Waals surface area contributed by atoms with E-state index in [1.807, 2.05) is 0 Å². The van der Waals surface area contributed by atoms with Crippen molar-refractivity contribution in [2.75, 3.05) is 6.61 Å². The summed E-state index contributed by atoms with van der Waals surface area (Å²) in [7, 11) is 0. The van der Waals surface area contributed by atoms with Crippen LogP contribution in [0.4, 0.5) is 17.6 Å². The molecule has 3 saturated carbocycles. The molecular formula is C33H54F4O. The predicted octanol–water partition coefficient (Wildman–Crippen LogP) is 11.0. The summed E-state index contributed by atoms with van der Waals surface area (Å²) in [5.41, 5.74) is 0. The maximum absolute atomic E-state index is 13.9. The zero-order valence-electron chi connectivity index (χ0n) is 24.0. The summed E-state index contributed by atoms with van der Waals surface area (Å²) >= 11 is 0. The van der Waals surface area contributed by atoms with Crippen LogP contribution in [0.1, 0.15) is 135 Å². The molecule has 0 spiro atoms. The third-order valence-electron chi connectivity index (χ3n) is 11.0. The van der Waals surface area contributed by atoms with Crippen LogP contribution in [0.25, 0.3) is 0 Å². The Bertz CT molecular complexity index is 686. The summed E-state index contributed by atoms with van der Waals surface area (Å²) in [5.74, 6) is 3.42. The minimum absolute atomic E-state index is 0.146. The molecule has 0 radical (unpaired) electrons. The summed E-state index contributed by atoms with van der Waals surface area (Å²) in [5, 5.41) is 0. The van der Waals surface area contributed by atoms with E-state index in [4.69, 9.17) is 4.74 Å². The Morgan fingerprint density at radius 3 is 1.71 bits per heavy atom. The number of unbranched alkanes of at least 4 members (excludes halogenated alkanes) is 2. The third-order valence-corrected chi connectivity index (χ3v) is 11.0. The van der Waals surface area contributed by atoms with Crippen molar-refractivity contribution in [2.45, 2.75) is 148 Å². The minimum atomic E-state index is -4.56. The first-order valence-electron chi connectivity index (χ1n) is 16.4. The quantitative estimate of drug-likeness (QED) is 0.197. The summed E-state index contributed by atoms with van der Waals surface area (Å²) in [6, 6.07) is 0. The second-order valence-electron chi connectivity index (χ2n) is 13.6. The first kappa shape index (κ1) is 30.4. The van der Waals surface area contributed by atoms with Gasteiger partial charge in [0, 0.05) is 12.5 Å². The second kappa shape index (κ2) is 14.9. The molecule has 0 amide bonds. The second-order valence-corrected chi connectivity index (χ2v) is 13.6. The molecule has 2 unspecified atom stereocenters. The smallest absolute Gasteiger partial charge is 0.378 e. The van der Waals surface area contributed by atoms with Gasteiger partial charge in [-0.15, -0.1) is 0 Å². The number of hydrogen-bond acceptors (Lipinski definition) is 1. The van der Waals surface area contributed by atoms with E-state index in [-0.39, 0.29) is 12.2 Å². The molecule has 1 aliphatic heterocycles. The lowest BCUT2D eigenvalue weighted by Crippen LogP contribution is -2.34. The van der Waals surface area contributed by atoms with Gasteiger partial charge in [0.2, 0.25) is 0 Å². The molecule has 1 nitrogen and oxygen atoms in total. The van der Waals surface area contributed by atoms with Gasteiger partial charge in [-0.1, -0.05) is 64.7 Å². The molecule has 0 aromatic rings. The van der Waals surface area contributed by atoms with Gasteiger partial charge in [0.05, 0.1) is 12.2 Å². The van der Waals surface area contributed by atoms with Crippen LogP contribution < -0.4 is 0 Å². The van der Waals surface area contributed by atoms with E-state index in [0.717, 1.165) is 49.5 Å². The van der Waals surface area contributed by atoms with Crippen LogP contribution >= 0.6 is 0 Å². The van der Waals surface area contributed by atoms with Crippen LogP contribution in [-0.2, 0) is 4.74 Å². The number of ether oxygens (including phenoxy) is 1. The number of hydrogen-bond donors (Lipinski definition) is 0. The summed E-state index contributed by atoms with van der Waals surface area (Å²) in [4.78, 5) is 0. The fourth-order valence-electron chi connectivity index (χ4n) is 8.52. The zero-order valence-corrected chi connectivity index (χ0v) is 24.0. The van der Waals surface area contributed by atoms with E-state index in [2.05, 4.69) is 6.92 Å². The molecule has 5 heteroatoms. The SMILES string of the molecule is CCCCCC1CCC(C2CCC(CCC3CCC(C4CCC(/C(F)=C/C(F)(F)F)CC4)OC3)CC2)CC1. The van der Waals surface area contributed by atoms with Crippen molar-refractivity contribution in [1.82, 2.24) is 0 Å². The fraction of sp³-hybridized carbons (Fsp3) is 0.939. The Morgan fingerprint density at radius 1 is 0.658 bits per heavy atom. The van der Waals surface area contributed by atoms with Gasteiger partial charge in [-0.2, -0.15) is 13.2 Å². The van der Waals surface area contributed by atoms with Crippen molar-refractivity contribution in [1.29, 1.82) is 0 Å². The van der Waals surface area contributed by atoms with E-state index in [1.54, 1.807) is 0 Å². The number of halogens is 4. The standard InChI is InChI=1S/C33H54F4O/c1-2-3-4-5-24-8-13-27(14-9-24)28-15-10-25(11-16-28)6-7-26-12-21-32(38-23-26)30-19-17-29(18-20-30)31(34)22-33(35,36)37/h22,24-30,32H,2-21,23H2,1H3/b31-22-. The van der Waals surface area contributed by atoms with Crippen molar-refractivity contribution in [3.8, 4) is 0 Å². The normalized spacial score (nSPS) is 37.8. The molecule has 0 aromatic carbocycles. The van der Waals surface area contributed by atoms with Crippen LogP contribution in [0.15, 0.2) is 11.9 Å². The summed E-state index contributed by atoms with van der Waals surface area (Å²) < 4.78 is 57.6. The molecule has 4 fully saturated rings. The van der Waals surface area contributed by atoms with E-state index in [9.17, 15) is 17.6 Å². The van der Waals surface area contributed by atoms with E-state index in [1.165, 1.54) is 96.3 Å². The van der Waals surface area contributed by atoms with Crippen molar-refractivity contribution >= 4 is 0 Å². The van der Waals surface area contributed by atoms with Gasteiger partial charge in [0.15, 0.2) is 0 Å². The molecule has 38 heavy (non-hydrogen) atoms. The number of alkyl halides is 3. The largest absolute Gasteiger partial charge is 0.412 e. The van der Waals surface area contributed by atoms with Crippen molar-refractivity contribution in [3.05, 3.63) is 11.9 Å². The van der Waals surface area contributed by atoms with Crippen molar-refractivity contribution in [2.24, 2.45) is 41.4 Å². The monoisotopic (exact) mass is 542 g/mol. The first-order chi connectivity index (χ1) is 18.3. The van der Waals surface area contributed by atoms with Gasteiger partial charge >= 0.3 is 6.18 Å². The van der Waals surface area contributed by atoms with Gasteiger partial charge in [-0.3, -0.25) is 0 Å². The topological polar surface area (TPSA) is 9.23 Å². The number of allylic oxidation sites excluding steroid dienone is 2. The molecule has 4 aliphatic rings. The van der Waals surface area contributed by atoms with Gasteiger partial charge in [-0.25, -0.2) is 4.39 Å². The average molecular weight is 543 g/mol. The molecule has 4 rings (SSSR count). The van der Waals surface area contributed by atoms with Gasteiger partial charge < -0.3 is 4.74 Å². The lowest BCUT2D eigenvalue weighted by molar-refractivity contribution is -0.0826. The Kier molecular flexibility index (Phi) is 11.9. The maximum Gasteiger partial charge on any atom is 0.412 e. The highest BCUT2D eigenvalue weighted by molar-refractivity contribution is 5.03. The Labute approximate surface area is 229 Å². The molecular weight excluding hydrogens is 488 g/mol. The Morgan fingerprint density at radius 2 is 1.18 bits per heavy atom. The molecule has 1 saturated heterocycles. The predicted molar refractivity (Wildman–Crippen MR) is 147 cm³/mol. The lowest BCUT2D eigenvalue weighted by Gasteiger charge is -2.39. The molecule has 0 aromatic heterocycles. The minimum Gasteiger partial charge on any atom is -0.378 e. The van der Waals surface area contributed by atoms with E-state index < -0.39 is 17.9 Å². The van der Waals surface area contributed by atoms with E-state index in [0.29, 0.717) is 24.7 Å². The maximum atomic E-state index is 13.9. The number of rotatable bonds is 10. The first-order valence-corrected chi connectivity index (χ1v) is 16.4. The molecule has 220 valence electrons. The van der Waals surface area contributed by atoms with Crippen LogP contribution in [0.3, 0.4) is 0 Å². The lowest BCUT2D eigenvalue weighted by atomic mass is 9.68. The molecule has 0 bridgehead atoms. The summed E-state index contributed by atoms with van der Waals surface area (Å²) in [6.07, 6.45) is 20.4. The van der Waals surface area contributed by atoms with Gasteiger partial charge in [0.25, 0.3) is 0 Å². The highest BCUT2D eigenvalue weighted by Gasteiger charge is 2.35. The molecule has 0 N–H and O–H groups in total. The van der Waals surface area contributed by atoms with Gasteiger partial charge in [0.1, 0.15) is 5.83 Å². The molecule has 3 aliphatic carbocycles. The highest BCUT2D eigenvalue weighted by atomic mass is 19.4. The fourth-order valence-corrected chi connectivity index (χ4v) is 8.52. The van der Waals surface area contributed by atoms with Crippen molar-refractivity contribution < 1.29 is 22.3 Å². The van der Waals surface area contributed by atoms with Crippen LogP contribution in [0.5, 0.6) is 0 Å². The van der Waals surface area contributed by atoms with Crippen molar-refractivity contribution in [3.63, 3.8) is 0 Å². The Hall–Kier alpha value is -0.580. The van der Waals surface area contributed by atoms with E-state index >= 15 is 0 Å². The Balaban J connectivity index is 1.06. The van der Waals surface area contributed by atoms with Crippen LogP contribution in [-0.4, -0.2) is 18.9 Å². The van der Waals surface area contributed by atoms with Crippen LogP contribution in [0.2, 0.25) is 0 Å². The van der Waals surface area contributed by atoms with Gasteiger partial charge in [-0.05, 0) is 106 Å². The molecule has 1 heterocycles. The summed E-state index contributed by atoms with van der Waals surface area (Å²) in [6.45, 7) is 3.14. The zero-order chi connectivity index (χ0) is 27.0.